The fourth-order valence-corrected chi connectivity index (χ4v) is 6.10. The minimum atomic E-state index is -0.361. The van der Waals surface area contributed by atoms with Gasteiger partial charge in [-0.25, -0.2) is 4.79 Å². The highest BCUT2D eigenvalue weighted by atomic mass is 35.5. The molecule has 31 heavy (non-hydrogen) atoms. The van der Waals surface area contributed by atoms with Crippen molar-refractivity contribution in [3.8, 4) is 0 Å². The van der Waals surface area contributed by atoms with Crippen molar-refractivity contribution in [3.05, 3.63) is 49.8 Å². The number of anilines is 1. The molecule has 5 nitrogen and oxygen atoms in total. The standard InChI is InChI=1S/C23H26Cl2N2O3S/c1-30-23(29)20-16-6-2-3-7-19(16)31-22(20)26-21(28)15-5-4-10-27(13-15)12-14-8-9-17(24)18(25)11-14/h8-9,11,15H,2-7,10,12-13H2,1H3,(H,26,28). The third-order valence-electron chi connectivity index (χ3n) is 6.06. The molecule has 1 aromatic heterocycles. The summed E-state index contributed by atoms with van der Waals surface area (Å²) in [6.45, 7) is 2.33. The van der Waals surface area contributed by atoms with Crippen molar-refractivity contribution >= 4 is 51.4 Å². The first-order chi connectivity index (χ1) is 15.0. The molecule has 166 valence electrons. The number of carbonyl (C=O) groups is 2. The lowest BCUT2D eigenvalue weighted by Crippen LogP contribution is -2.40. The SMILES string of the molecule is COC(=O)c1c(NC(=O)C2CCCN(Cc3ccc(Cl)c(Cl)c3)C2)sc2c1CCCC2. The summed E-state index contributed by atoms with van der Waals surface area (Å²) in [5.74, 6) is -0.511. The van der Waals surface area contributed by atoms with E-state index in [0.29, 0.717) is 27.2 Å². The van der Waals surface area contributed by atoms with E-state index in [1.165, 1.54) is 23.3 Å². The van der Waals surface area contributed by atoms with E-state index in [1.54, 1.807) is 6.07 Å². The van der Waals surface area contributed by atoms with E-state index in [0.717, 1.165) is 62.7 Å². The quantitative estimate of drug-likeness (QED) is 0.568. The molecular weight excluding hydrogens is 455 g/mol. The van der Waals surface area contributed by atoms with Gasteiger partial charge in [0.05, 0.1) is 28.6 Å². The summed E-state index contributed by atoms with van der Waals surface area (Å²) in [6, 6.07) is 5.66. The van der Waals surface area contributed by atoms with Crippen LogP contribution in [0.1, 0.15) is 52.0 Å². The minimum Gasteiger partial charge on any atom is -0.465 e. The van der Waals surface area contributed by atoms with Crippen LogP contribution in [0.5, 0.6) is 0 Å². The van der Waals surface area contributed by atoms with Crippen LogP contribution in [0.4, 0.5) is 5.00 Å². The monoisotopic (exact) mass is 480 g/mol. The highest BCUT2D eigenvalue weighted by molar-refractivity contribution is 7.17. The molecule has 0 bridgehead atoms. The van der Waals surface area contributed by atoms with Gasteiger partial charge in [0.15, 0.2) is 0 Å². The third-order valence-corrected chi connectivity index (χ3v) is 8.01. The number of hydrogen-bond donors (Lipinski definition) is 1. The van der Waals surface area contributed by atoms with E-state index in [4.69, 9.17) is 27.9 Å². The molecular formula is C23H26Cl2N2O3S. The van der Waals surface area contributed by atoms with Crippen molar-refractivity contribution in [3.63, 3.8) is 0 Å². The summed E-state index contributed by atoms with van der Waals surface area (Å²) in [4.78, 5) is 29.0. The van der Waals surface area contributed by atoms with Crippen LogP contribution in [0.15, 0.2) is 18.2 Å². The predicted octanol–water partition coefficient (Wildman–Crippen LogP) is 5.57. The van der Waals surface area contributed by atoms with Crippen LogP contribution in [0.2, 0.25) is 10.0 Å². The number of carbonyl (C=O) groups excluding carboxylic acids is 2. The maximum atomic E-state index is 13.1. The number of rotatable bonds is 5. The van der Waals surface area contributed by atoms with Crippen molar-refractivity contribution in [1.29, 1.82) is 0 Å². The summed E-state index contributed by atoms with van der Waals surface area (Å²) in [7, 11) is 1.39. The number of esters is 1. The molecule has 1 saturated heterocycles. The number of nitrogens with one attached hydrogen (secondary N) is 1. The fraction of sp³-hybridized carbons (Fsp3) is 0.478. The van der Waals surface area contributed by atoms with Crippen molar-refractivity contribution < 1.29 is 14.3 Å². The predicted molar refractivity (Wildman–Crippen MR) is 125 cm³/mol. The molecule has 1 atom stereocenters. The van der Waals surface area contributed by atoms with Gasteiger partial charge in [0, 0.05) is 18.0 Å². The molecule has 2 heterocycles. The Labute approximate surface area is 196 Å². The number of piperidine rings is 1. The smallest absolute Gasteiger partial charge is 0.341 e. The number of halogens is 2. The maximum Gasteiger partial charge on any atom is 0.341 e. The molecule has 1 aromatic carbocycles. The van der Waals surface area contributed by atoms with Crippen LogP contribution < -0.4 is 5.32 Å². The molecule has 2 aromatic rings. The topological polar surface area (TPSA) is 58.6 Å². The van der Waals surface area contributed by atoms with Crippen molar-refractivity contribution in [2.75, 3.05) is 25.5 Å². The molecule has 2 aliphatic rings. The van der Waals surface area contributed by atoms with Crippen LogP contribution in [0, 0.1) is 5.92 Å². The van der Waals surface area contributed by atoms with Crippen molar-refractivity contribution in [1.82, 2.24) is 4.90 Å². The summed E-state index contributed by atoms with van der Waals surface area (Å²) in [6.07, 6.45) is 5.79. The Bertz CT molecular complexity index is 991. The number of ether oxygens (including phenoxy) is 1. The van der Waals surface area contributed by atoms with Gasteiger partial charge < -0.3 is 10.1 Å². The lowest BCUT2D eigenvalue weighted by Gasteiger charge is -2.32. The molecule has 4 rings (SSSR count). The maximum absolute atomic E-state index is 13.1. The van der Waals surface area contributed by atoms with Gasteiger partial charge in [-0.2, -0.15) is 0 Å². The molecule has 0 radical (unpaired) electrons. The summed E-state index contributed by atoms with van der Waals surface area (Å²) < 4.78 is 5.02. The van der Waals surface area contributed by atoms with Gasteiger partial charge in [-0.1, -0.05) is 29.3 Å². The van der Waals surface area contributed by atoms with Gasteiger partial charge in [0.25, 0.3) is 0 Å². The molecule has 1 N–H and O–H groups in total. The van der Waals surface area contributed by atoms with Gasteiger partial charge in [0.1, 0.15) is 5.00 Å². The molecule has 1 aliphatic carbocycles. The number of nitrogens with zero attached hydrogens (tertiary/aromatic N) is 1. The van der Waals surface area contributed by atoms with E-state index < -0.39 is 0 Å². The second-order valence-corrected chi connectivity index (χ2v) is 10.1. The zero-order chi connectivity index (χ0) is 22.0. The summed E-state index contributed by atoms with van der Waals surface area (Å²) in [5, 5.41) is 4.80. The van der Waals surface area contributed by atoms with Crippen LogP contribution in [-0.2, 0) is 28.9 Å². The highest BCUT2D eigenvalue weighted by Crippen LogP contribution is 2.39. The number of likely N-dealkylation sites (tertiary alicyclic amines) is 1. The van der Waals surface area contributed by atoms with Gasteiger partial charge in [-0.15, -0.1) is 11.3 Å². The van der Waals surface area contributed by atoms with E-state index in [9.17, 15) is 9.59 Å². The Morgan fingerprint density at radius 1 is 1.19 bits per heavy atom. The van der Waals surface area contributed by atoms with Crippen LogP contribution in [-0.4, -0.2) is 37.0 Å². The van der Waals surface area contributed by atoms with Gasteiger partial charge >= 0.3 is 5.97 Å². The number of methoxy groups -OCH3 is 1. The average Bonchev–Trinajstić information content (AvgIpc) is 3.13. The number of benzene rings is 1. The second-order valence-electron chi connectivity index (χ2n) is 8.22. The Kier molecular flexibility index (Phi) is 7.22. The highest BCUT2D eigenvalue weighted by Gasteiger charge is 2.30. The molecule has 0 spiro atoms. The number of aryl methyl sites for hydroxylation is 1. The normalized spacial score (nSPS) is 19.0. The zero-order valence-electron chi connectivity index (χ0n) is 17.5. The van der Waals surface area contributed by atoms with E-state index in [2.05, 4.69) is 10.2 Å². The first-order valence-electron chi connectivity index (χ1n) is 10.7. The number of hydrogen-bond acceptors (Lipinski definition) is 5. The molecule has 1 unspecified atom stereocenters. The summed E-state index contributed by atoms with van der Waals surface area (Å²) in [5.41, 5.74) is 2.69. The van der Waals surface area contributed by atoms with E-state index in [-0.39, 0.29) is 17.8 Å². The number of fused-ring (bicyclic) bond motifs is 1. The lowest BCUT2D eigenvalue weighted by molar-refractivity contribution is -0.121. The first kappa shape index (κ1) is 22.6. The number of amides is 1. The lowest BCUT2D eigenvalue weighted by atomic mass is 9.95. The van der Waals surface area contributed by atoms with Crippen molar-refractivity contribution in [2.45, 2.75) is 45.1 Å². The molecule has 1 fully saturated rings. The van der Waals surface area contributed by atoms with Crippen LogP contribution >= 0.6 is 34.5 Å². The third kappa shape index (κ3) is 5.08. The fourth-order valence-electron chi connectivity index (χ4n) is 4.50. The molecule has 0 saturated carbocycles. The molecule has 8 heteroatoms. The minimum absolute atomic E-state index is 0.0254. The van der Waals surface area contributed by atoms with Crippen LogP contribution in [0.25, 0.3) is 0 Å². The molecule has 1 amide bonds. The Morgan fingerprint density at radius 3 is 2.77 bits per heavy atom. The zero-order valence-corrected chi connectivity index (χ0v) is 19.8. The number of thiophene rings is 1. The Morgan fingerprint density at radius 2 is 2.00 bits per heavy atom. The van der Waals surface area contributed by atoms with Gasteiger partial charge in [0.2, 0.25) is 5.91 Å². The van der Waals surface area contributed by atoms with Crippen LogP contribution in [0.3, 0.4) is 0 Å². The first-order valence-corrected chi connectivity index (χ1v) is 12.2. The average molecular weight is 481 g/mol. The largest absolute Gasteiger partial charge is 0.465 e. The van der Waals surface area contributed by atoms with Gasteiger partial charge in [-0.3, -0.25) is 9.69 Å². The van der Waals surface area contributed by atoms with Crippen molar-refractivity contribution in [2.24, 2.45) is 5.92 Å². The Balaban J connectivity index is 1.45. The second kappa shape index (κ2) is 9.90. The van der Waals surface area contributed by atoms with Gasteiger partial charge in [-0.05, 0) is 68.3 Å². The summed E-state index contributed by atoms with van der Waals surface area (Å²) >= 11 is 13.7. The molecule has 1 aliphatic heterocycles. The Hall–Kier alpha value is -1.60. The van der Waals surface area contributed by atoms with E-state index in [1.807, 2.05) is 12.1 Å². The van der Waals surface area contributed by atoms with E-state index >= 15 is 0 Å².